The standard InChI is InChI=1S/C31H34N2O2/c1-22(2)21-33-30(24-14-8-5-9-15-24)29(23-12-6-4-7-13-23)32-31(33)25-18-19-27(34-3)28(20-25)35-26-16-10-11-17-26/h4-9,12-15,18-20,22,26H,10-11,16-17,21H2,1-3H3. The number of hydrogen-bond acceptors (Lipinski definition) is 3. The summed E-state index contributed by atoms with van der Waals surface area (Å²) in [5, 5.41) is 0. The van der Waals surface area contributed by atoms with Crippen LogP contribution in [0.25, 0.3) is 33.9 Å². The molecule has 0 amide bonds. The van der Waals surface area contributed by atoms with Crippen LogP contribution in [0.4, 0.5) is 0 Å². The van der Waals surface area contributed by atoms with Crippen LogP contribution in [0.15, 0.2) is 78.9 Å². The minimum atomic E-state index is 0.259. The molecule has 1 saturated carbocycles. The molecular weight excluding hydrogens is 432 g/mol. The summed E-state index contributed by atoms with van der Waals surface area (Å²) in [5.74, 6) is 2.99. The highest BCUT2D eigenvalue weighted by atomic mass is 16.5. The second-order valence-electron chi connectivity index (χ2n) is 9.76. The Balaban J connectivity index is 1.69. The molecule has 0 bridgehead atoms. The third-order valence-electron chi connectivity index (χ3n) is 6.63. The summed E-state index contributed by atoms with van der Waals surface area (Å²) >= 11 is 0. The smallest absolute Gasteiger partial charge is 0.162 e. The number of methoxy groups -OCH3 is 1. The van der Waals surface area contributed by atoms with Gasteiger partial charge in [-0.15, -0.1) is 0 Å². The van der Waals surface area contributed by atoms with Gasteiger partial charge in [-0.2, -0.15) is 0 Å². The van der Waals surface area contributed by atoms with E-state index in [-0.39, 0.29) is 6.10 Å². The van der Waals surface area contributed by atoms with Gasteiger partial charge in [-0.05, 0) is 49.8 Å². The molecule has 0 radical (unpaired) electrons. The van der Waals surface area contributed by atoms with E-state index >= 15 is 0 Å². The third-order valence-corrected chi connectivity index (χ3v) is 6.63. The van der Waals surface area contributed by atoms with Crippen molar-refractivity contribution >= 4 is 0 Å². The summed E-state index contributed by atoms with van der Waals surface area (Å²) in [6, 6.07) is 27.3. The predicted molar refractivity (Wildman–Crippen MR) is 143 cm³/mol. The largest absolute Gasteiger partial charge is 0.493 e. The second kappa shape index (κ2) is 10.4. The first-order chi connectivity index (χ1) is 17.1. The molecule has 0 aliphatic heterocycles. The van der Waals surface area contributed by atoms with E-state index in [2.05, 4.69) is 85.1 Å². The molecule has 0 atom stereocenters. The van der Waals surface area contributed by atoms with E-state index < -0.39 is 0 Å². The van der Waals surface area contributed by atoms with Gasteiger partial charge in [0.1, 0.15) is 5.82 Å². The number of imidazole rings is 1. The molecule has 0 N–H and O–H groups in total. The monoisotopic (exact) mass is 466 g/mol. The Bertz CT molecular complexity index is 1260. The van der Waals surface area contributed by atoms with Crippen LogP contribution < -0.4 is 9.47 Å². The SMILES string of the molecule is COc1ccc(-c2nc(-c3ccccc3)c(-c3ccccc3)n2CC(C)C)cc1OC1CCCC1. The fraction of sp³-hybridized carbons (Fsp3) is 0.323. The number of aromatic nitrogens is 2. The summed E-state index contributed by atoms with van der Waals surface area (Å²) < 4.78 is 14.5. The highest BCUT2D eigenvalue weighted by Gasteiger charge is 2.24. The Morgan fingerprint density at radius 2 is 1.49 bits per heavy atom. The van der Waals surface area contributed by atoms with Crippen molar-refractivity contribution in [3.8, 4) is 45.4 Å². The summed E-state index contributed by atoms with van der Waals surface area (Å²) in [6.45, 7) is 5.37. The van der Waals surface area contributed by atoms with Crippen LogP contribution in [0.2, 0.25) is 0 Å². The fourth-order valence-corrected chi connectivity index (χ4v) is 5.00. The molecule has 4 nitrogen and oxygen atoms in total. The maximum Gasteiger partial charge on any atom is 0.162 e. The van der Waals surface area contributed by atoms with Crippen LogP contribution in [-0.2, 0) is 6.54 Å². The van der Waals surface area contributed by atoms with Crippen molar-refractivity contribution in [2.75, 3.05) is 7.11 Å². The Morgan fingerprint density at radius 3 is 2.11 bits per heavy atom. The molecule has 1 aromatic heterocycles. The molecule has 180 valence electrons. The van der Waals surface area contributed by atoms with Gasteiger partial charge in [0.05, 0.1) is 24.6 Å². The second-order valence-corrected chi connectivity index (χ2v) is 9.76. The van der Waals surface area contributed by atoms with Gasteiger partial charge in [-0.1, -0.05) is 74.5 Å². The lowest BCUT2D eigenvalue weighted by Gasteiger charge is -2.18. The van der Waals surface area contributed by atoms with E-state index in [1.807, 2.05) is 12.1 Å². The first-order valence-corrected chi connectivity index (χ1v) is 12.7. The first kappa shape index (κ1) is 23.2. The molecular formula is C31H34N2O2. The minimum absolute atomic E-state index is 0.259. The average Bonchev–Trinajstić information content (AvgIpc) is 3.53. The van der Waals surface area contributed by atoms with Gasteiger partial charge in [-0.25, -0.2) is 4.98 Å². The topological polar surface area (TPSA) is 36.3 Å². The van der Waals surface area contributed by atoms with Gasteiger partial charge in [-0.3, -0.25) is 0 Å². The van der Waals surface area contributed by atoms with Crippen LogP contribution in [-0.4, -0.2) is 22.8 Å². The maximum absolute atomic E-state index is 6.42. The van der Waals surface area contributed by atoms with Crippen molar-refractivity contribution in [1.82, 2.24) is 9.55 Å². The number of hydrogen-bond donors (Lipinski definition) is 0. The zero-order valence-electron chi connectivity index (χ0n) is 20.9. The third kappa shape index (κ3) is 4.97. The van der Waals surface area contributed by atoms with E-state index in [4.69, 9.17) is 14.5 Å². The van der Waals surface area contributed by atoms with Crippen LogP contribution >= 0.6 is 0 Å². The molecule has 35 heavy (non-hydrogen) atoms. The Labute approximate surface area is 208 Å². The van der Waals surface area contributed by atoms with Gasteiger partial charge in [0.2, 0.25) is 0 Å². The van der Waals surface area contributed by atoms with Crippen molar-refractivity contribution in [2.24, 2.45) is 5.92 Å². The van der Waals surface area contributed by atoms with E-state index in [1.165, 1.54) is 18.4 Å². The Morgan fingerprint density at radius 1 is 0.829 bits per heavy atom. The number of nitrogens with zero attached hydrogens (tertiary/aromatic N) is 2. The predicted octanol–water partition coefficient (Wildman–Crippen LogP) is 7.87. The zero-order chi connectivity index (χ0) is 24.2. The molecule has 1 heterocycles. The molecule has 3 aromatic carbocycles. The van der Waals surface area contributed by atoms with Crippen LogP contribution in [0, 0.1) is 5.92 Å². The molecule has 0 spiro atoms. The number of ether oxygens (including phenoxy) is 2. The van der Waals surface area contributed by atoms with Crippen molar-refractivity contribution in [3.05, 3.63) is 78.9 Å². The lowest BCUT2D eigenvalue weighted by atomic mass is 10.0. The van der Waals surface area contributed by atoms with Crippen LogP contribution in [0.5, 0.6) is 11.5 Å². The normalized spacial score (nSPS) is 13.9. The summed E-state index contributed by atoms with van der Waals surface area (Å²) in [7, 11) is 1.71. The van der Waals surface area contributed by atoms with Crippen molar-refractivity contribution in [2.45, 2.75) is 52.2 Å². The van der Waals surface area contributed by atoms with Gasteiger partial charge in [0.15, 0.2) is 11.5 Å². The van der Waals surface area contributed by atoms with Crippen molar-refractivity contribution in [3.63, 3.8) is 0 Å². The van der Waals surface area contributed by atoms with Crippen LogP contribution in [0.1, 0.15) is 39.5 Å². The van der Waals surface area contributed by atoms with Gasteiger partial charge >= 0.3 is 0 Å². The fourth-order valence-electron chi connectivity index (χ4n) is 5.00. The summed E-state index contributed by atoms with van der Waals surface area (Å²) in [6.07, 6.45) is 4.92. The maximum atomic E-state index is 6.42. The van der Waals surface area contributed by atoms with E-state index in [0.29, 0.717) is 5.92 Å². The van der Waals surface area contributed by atoms with Gasteiger partial charge < -0.3 is 14.0 Å². The molecule has 5 rings (SSSR count). The van der Waals surface area contributed by atoms with E-state index in [0.717, 1.165) is 59.2 Å². The average molecular weight is 467 g/mol. The van der Waals surface area contributed by atoms with E-state index in [9.17, 15) is 0 Å². The highest BCUT2D eigenvalue weighted by Crippen LogP contribution is 2.40. The molecule has 1 aliphatic rings. The molecule has 4 heteroatoms. The quantitative estimate of drug-likeness (QED) is 0.265. The van der Waals surface area contributed by atoms with Crippen molar-refractivity contribution < 1.29 is 9.47 Å². The molecule has 1 aliphatic carbocycles. The van der Waals surface area contributed by atoms with Crippen molar-refractivity contribution in [1.29, 1.82) is 0 Å². The highest BCUT2D eigenvalue weighted by molar-refractivity contribution is 5.82. The number of rotatable bonds is 8. The molecule has 0 unspecified atom stereocenters. The lowest BCUT2D eigenvalue weighted by Crippen LogP contribution is -2.12. The zero-order valence-corrected chi connectivity index (χ0v) is 20.9. The lowest BCUT2D eigenvalue weighted by molar-refractivity contribution is 0.201. The Kier molecular flexibility index (Phi) is 6.89. The summed E-state index contributed by atoms with van der Waals surface area (Å²) in [4.78, 5) is 5.28. The molecule has 0 saturated heterocycles. The molecule has 4 aromatic rings. The van der Waals surface area contributed by atoms with Gasteiger partial charge in [0.25, 0.3) is 0 Å². The minimum Gasteiger partial charge on any atom is -0.493 e. The summed E-state index contributed by atoms with van der Waals surface area (Å²) in [5.41, 5.74) is 5.47. The van der Waals surface area contributed by atoms with E-state index in [1.54, 1.807) is 7.11 Å². The van der Waals surface area contributed by atoms with Gasteiger partial charge in [0, 0.05) is 23.2 Å². The molecule has 1 fully saturated rings. The Hall–Kier alpha value is -3.53. The number of benzene rings is 3. The first-order valence-electron chi connectivity index (χ1n) is 12.7. The van der Waals surface area contributed by atoms with Crippen LogP contribution in [0.3, 0.4) is 0 Å².